The van der Waals surface area contributed by atoms with Crippen LogP contribution in [-0.4, -0.2) is 52.0 Å². The maximum absolute atomic E-state index is 5.95. The van der Waals surface area contributed by atoms with Crippen LogP contribution in [0.2, 0.25) is 0 Å². The molecule has 166 valence electrons. The Bertz CT molecular complexity index is 756. The fourth-order valence-corrected chi connectivity index (χ4v) is 4.17. The molecule has 0 radical (unpaired) electrons. The zero-order chi connectivity index (χ0) is 21.9. The molecule has 4 heteroatoms. The van der Waals surface area contributed by atoms with Crippen molar-refractivity contribution in [2.45, 2.75) is 24.7 Å². The van der Waals surface area contributed by atoms with Crippen LogP contribution in [0.1, 0.15) is 29.8 Å². The number of benzene rings is 2. The molecule has 0 saturated heterocycles. The molecule has 0 N–H and O–H groups in total. The molecule has 1 aliphatic rings. The molecule has 2 aromatic carbocycles. The summed E-state index contributed by atoms with van der Waals surface area (Å²) < 4.78 is 17.8. The van der Waals surface area contributed by atoms with Gasteiger partial charge in [0.25, 0.3) is 0 Å². The van der Waals surface area contributed by atoms with Gasteiger partial charge < -0.3 is 14.2 Å². The van der Waals surface area contributed by atoms with Crippen molar-refractivity contribution in [2.75, 3.05) is 41.0 Å². The third-order valence-electron chi connectivity index (χ3n) is 5.99. The molecule has 4 nitrogen and oxygen atoms in total. The van der Waals surface area contributed by atoms with E-state index >= 15 is 0 Å². The molecule has 1 unspecified atom stereocenters. The fourth-order valence-electron chi connectivity index (χ4n) is 4.17. The predicted molar refractivity (Wildman–Crippen MR) is 126 cm³/mol. The summed E-state index contributed by atoms with van der Waals surface area (Å²) in [5.41, 5.74) is 2.36. The highest BCUT2D eigenvalue weighted by molar-refractivity contribution is 5.20. The SMILES string of the molecule is CO[C@@H](CN(C[C@H](OC)c1ccccc1)C[C@H](OC)C1C=CC=CC1)c1ccccc1. The van der Waals surface area contributed by atoms with E-state index in [0.29, 0.717) is 5.92 Å². The van der Waals surface area contributed by atoms with Gasteiger partial charge in [-0.2, -0.15) is 0 Å². The van der Waals surface area contributed by atoms with Gasteiger partial charge in [-0.1, -0.05) is 85.0 Å². The summed E-state index contributed by atoms with van der Waals surface area (Å²) in [6.45, 7) is 2.33. The molecular formula is C27H35NO3. The molecule has 2 aromatic rings. The van der Waals surface area contributed by atoms with Crippen LogP contribution < -0.4 is 0 Å². The molecule has 0 aromatic heterocycles. The summed E-state index contributed by atoms with van der Waals surface area (Å²) >= 11 is 0. The highest BCUT2D eigenvalue weighted by Crippen LogP contribution is 2.25. The van der Waals surface area contributed by atoms with Crippen LogP contribution in [0.3, 0.4) is 0 Å². The van der Waals surface area contributed by atoms with Gasteiger partial charge in [-0.3, -0.25) is 4.90 Å². The molecular weight excluding hydrogens is 386 g/mol. The van der Waals surface area contributed by atoms with Crippen LogP contribution in [0.5, 0.6) is 0 Å². The summed E-state index contributed by atoms with van der Waals surface area (Å²) in [6.07, 6.45) is 9.75. The molecule has 1 aliphatic carbocycles. The first-order chi connectivity index (χ1) is 15.2. The van der Waals surface area contributed by atoms with E-state index in [9.17, 15) is 0 Å². The van der Waals surface area contributed by atoms with Gasteiger partial charge in [-0.25, -0.2) is 0 Å². The number of hydrogen-bond donors (Lipinski definition) is 0. The molecule has 0 bridgehead atoms. The Morgan fingerprint density at radius 2 is 1.29 bits per heavy atom. The molecule has 0 saturated carbocycles. The van der Waals surface area contributed by atoms with Crippen LogP contribution in [0.25, 0.3) is 0 Å². The van der Waals surface area contributed by atoms with Gasteiger partial charge in [0, 0.05) is 46.9 Å². The molecule has 0 aliphatic heterocycles. The van der Waals surface area contributed by atoms with Crippen molar-refractivity contribution in [3.63, 3.8) is 0 Å². The average Bonchev–Trinajstić information content (AvgIpc) is 2.85. The number of allylic oxidation sites excluding steroid dienone is 3. The van der Waals surface area contributed by atoms with Crippen molar-refractivity contribution in [1.82, 2.24) is 4.90 Å². The monoisotopic (exact) mass is 421 g/mol. The quantitative estimate of drug-likeness (QED) is 0.471. The fraction of sp³-hybridized carbons (Fsp3) is 0.407. The van der Waals surface area contributed by atoms with E-state index in [1.54, 1.807) is 14.2 Å². The number of nitrogens with zero attached hydrogens (tertiary/aromatic N) is 1. The van der Waals surface area contributed by atoms with Gasteiger partial charge in [0.1, 0.15) is 0 Å². The first kappa shape index (κ1) is 23.4. The Morgan fingerprint density at radius 1 is 0.742 bits per heavy atom. The second-order valence-electron chi connectivity index (χ2n) is 7.98. The highest BCUT2D eigenvalue weighted by atomic mass is 16.5. The largest absolute Gasteiger partial charge is 0.379 e. The van der Waals surface area contributed by atoms with Crippen LogP contribution in [-0.2, 0) is 14.2 Å². The summed E-state index contributed by atoms with van der Waals surface area (Å²) in [7, 11) is 5.37. The van der Waals surface area contributed by atoms with Gasteiger partial charge in [0.05, 0.1) is 18.3 Å². The molecule has 4 atom stereocenters. The second-order valence-corrected chi connectivity index (χ2v) is 7.98. The molecule has 0 fully saturated rings. The van der Waals surface area contributed by atoms with E-state index in [4.69, 9.17) is 14.2 Å². The summed E-state index contributed by atoms with van der Waals surface area (Å²) in [5.74, 6) is 0.368. The Morgan fingerprint density at radius 3 is 1.71 bits per heavy atom. The van der Waals surface area contributed by atoms with Gasteiger partial charge in [-0.05, 0) is 17.5 Å². The van der Waals surface area contributed by atoms with E-state index in [2.05, 4.69) is 77.7 Å². The lowest BCUT2D eigenvalue weighted by atomic mass is 9.94. The van der Waals surface area contributed by atoms with E-state index in [0.717, 1.165) is 26.1 Å². The average molecular weight is 422 g/mol. The van der Waals surface area contributed by atoms with Crippen LogP contribution >= 0.6 is 0 Å². The Labute approximate surface area is 187 Å². The summed E-state index contributed by atoms with van der Waals surface area (Å²) in [6, 6.07) is 20.8. The van der Waals surface area contributed by atoms with Crippen molar-refractivity contribution in [3.8, 4) is 0 Å². The van der Waals surface area contributed by atoms with Crippen molar-refractivity contribution in [3.05, 3.63) is 96.1 Å². The lowest BCUT2D eigenvalue weighted by molar-refractivity contribution is -0.0127. The van der Waals surface area contributed by atoms with Crippen molar-refractivity contribution >= 4 is 0 Å². The van der Waals surface area contributed by atoms with Crippen molar-refractivity contribution < 1.29 is 14.2 Å². The lowest BCUT2D eigenvalue weighted by Crippen LogP contribution is -2.42. The smallest absolute Gasteiger partial charge is 0.0947 e. The lowest BCUT2D eigenvalue weighted by Gasteiger charge is -2.34. The zero-order valence-corrected chi connectivity index (χ0v) is 18.9. The maximum atomic E-state index is 5.95. The normalized spacial score (nSPS) is 18.8. The standard InChI is InChI=1S/C27H35NO3/c1-29-25(22-13-7-4-8-14-22)19-28(20-26(30-2)23-15-9-5-10-16-23)21-27(31-3)24-17-11-6-12-18-24/h4-17,24-27H,18-21H2,1-3H3/t24?,25-,26-,27-/m0/s1. The third-order valence-corrected chi connectivity index (χ3v) is 5.99. The van der Waals surface area contributed by atoms with Crippen LogP contribution in [0, 0.1) is 5.92 Å². The Hall–Kier alpha value is -2.24. The number of hydrogen-bond acceptors (Lipinski definition) is 4. The summed E-state index contributed by atoms with van der Waals surface area (Å²) in [5, 5.41) is 0. The Kier molecular flexibility index (Phi) is 9.50. The van der Waals surface area contributed by atoms with E-state index in [-0.39, 0.29) is 18.3 Å². The molecule has 0 amide bonds. The molecule has 3 rings (SSSR count). The first-order valence-electron chi connectivity index (χ1n) is 11.0. The summed E-state index contributed by atoms with van der Waals surface area (Å²) in [4.78, 5) is 2.42. The van der Waals surface area contributed by atoms with Gasteiger partial charge in [0.15, 0.2) is 0 Å². The second kappa shape index (κ2) is 12.6. The van der Waals surface area contributed by atoms with Gasteiger partial charge in [-0.15, -0.1) is 0 Å². The number of rotatable bonds is 12. The van der Waals surface area contributed by atoms with Crippen molar-refractivity contribution in [1.29, 1.82) is 0 Å². The maximum Gasteiger partial charge on any atom is 0.0947 e. The van der Waals surface area contributed by atoms with Crippen LogP contribution in [0.15, 0.2) is 85.0 Å². The predicted octanol–water partition coefficient (Wildman–Crippen LogP) is 5.21. The first-order valence-corrected chi connectivity index (χ1v) is 11.0. The minimum absolute atomic E-state index is 0.0196. The third kappa shape index (κ3) is 6.88. The zero-order valence-electron chi connectivity index (χ0n) is 18.9. The van der Waals surface area contributed by atoms with E-state index < -0.39 is 0 Å². The minimum Gasteiger partial charge on any atom is -0.379 e. The molecule has 0 heterocycles. The van der Waals surface area contributed by atoms with E-state index in [1.165, 1.54) is 11.1 Å². The number of ether oxygens (including phenoxy) is 3. The minimum atomic E-state index is -0.0196. The van der Waals surface area contributed by atoms with E-state index in [1.807, 2.05) is 19.2 Å². The Balaban J connectivity index is 1.79. The van der Waals surface area contributed by atoms with Crippen LogP contribution in [0.4, 0.5) is 0 Å². The van der Waals surface area contributed by atoms with Crippen molar-refractivity contribution in [2.24, 2.45) is 5.92 Å². The highest BCUT2D eigenvalue weighted by Gasteiger charge is 2.26. The topological polar surface area (TPSA) is 30.9 Å². The number of methoxy groups -OCH3 is 3. The molecule has 0 spiro atoms. The molecule has 31 heavy (non-hydrogen) atoms. The van der Waals surface area contributed by atoms with Gasteiger partial charge >= 0.3 is 0 Å². The van der Waals surface area contributed by atoms with Gasteiger partial charge in [0.2, 0.25) is 0 Å².